The zero-order valence-electron chi connectivity index (χ0n) is 14.0. The molecule has 3 heteroatoms. The van der Waals surface area contributed by atoms with Crippen LogP contribution in [0.5, 0.6) is 0 Å². The molecular formula is C16H36O2Si. The Morgan fingerprint density at radius 3 is 1.84 bits per heavy atom. The molecule has 0 spiro atoms. The molecule has 0 saturated heterocycles. The summed E-state index contributed by atoms with van der Waals surface area (Å²) in [5.41, 5.74) is 0. The Morgan fingerprint density at radius 2 is 1.37 bits per heavy atom. The molecule has 0 N–H and O–H groups in total. The van der Waals surface area contributed by atoms with Gasteiger partial charge in [-0.25, -0.2) is 0 Å². The van der Waals surface area contributed by atoms with E-state index >= 15 is 0 Å². The molecule has 0 aromatic carbocycles. The lowest BCUT2D eigenvalue weighted by atomic mass is 10.1. The van der Waals surface area contributed by atoms with Gasteiger partial charge in [-0.3, -0.25) is 0 Å². The number of unbranched alkanes of at least 4 members (excludes halogenated alkanes) is 3. The highest BCUT2D eigenvalue weighted by Gasteiger charge is 2.33. The van der Waals surface area contributed by atoms with E-state index in [4.69, 9.17) is 8.85 Å². The number of hydrogen-bond donors (Lipinski definition) is 0. The Hall–Kier alpha value is 0.137. The van der Waals surface area contributed by atoms with Gasteiger partial charge in [0.15, 0.2) is 0 Å². The van der Waals surface area contributed by atoms with Gasteiger partial charge >= 0.3 is 8.56 Å². The van der Waals surface area contributed by atoms with Gasteiger partial charge < -0.3 is 8.85 Å². The third kappa shape index (κ3) is 9.64. The summed E-state index contributed by atoms with van der Waals surface area (Å²) >= 11 is 0. The minimum Gasteiger partial charge on any atom is -0.394 e. The van der Waals surface area contributed by atoms with Crippen molar-refractivity contribution in [2.75, 3.05) is 13.2 Å². The van der Waals surface area contributed by atoms with Crippen molar-refractivity contribution in [1.82, 2.24) is 0 Å². The van der Waals surface area contributed by atoms with E-state index in [1.165, 1.54) is 38.5 Å². The van der Waals surface area contributed by atoms with E-state index in [0.29, 0.717) is 0 Å². The van der Waals surface area contributed by atoms with Crippen molar-refractivity contribution in [2.45, 2.75) is 85.2 Å². The molecule has 0 fully saturated rings. The summed E-state index contributed by atoms with van der Waals surface area (Å²) in [6.07, 6.45) is 7.53. The Balaban J connectivity index is 3.90. The molecule has 2 nitrogen and oxygen atoms in total. The van der Waals surface area contributed by atoms with Gasteiger partial charge in [0.2, 0.25) is 0 Å². The first-order valence-corrected chi connectivity index (χ1v) is 10.6. The number of rotatable bonds is 13. The molecule has 0 unspecified atom stereocenters. The van der Waals surface area contributed by atoms with E-state index in [2.05, 4.69) is 34.6 Å². The zero-order chi connectivity index (χ0) is 14.6. The smallest absolute Gasteiger partial charge is 0.337 e. The topological polar surface area (TPSA) is 18.5 Å². The van der Waals surface area contributed by atoms with Crippen LogP contribution in [0, 0.1) is 5.92 Å². The second kappa shape index (κ2) is 11.9. The predicted molar refractivity (Wildman–Crippen MR) is 86.8 cm³/mol. The summed E-state index contributed by atoms with van der Waals surface area (Å²) in [5, 5.41) is 0. The van der Waals surface area contributed by atoms with Gasteiger partial charge in [0, 0.05) is 13.2 Å². The highest BCUT2D eigenvalue weighted by molar-refractivity contribution is 6.67. The SMILES string of the molecule is CCCCCCO[Si](CC)(CC)OCCCC(C)C. The average molecular weight is 289 g/mol. The Kier molecular flexibility index (Phi) is 12.0. The molecular weight excluding hydrogens is 252 g/mol. The molecule has 0 radical (unpaired) electrons. The second-order valence-electron chi connectivity index (χ2n) is 5.91. The summed E-state index contributed by atoms with van der Waals surface area (Å²) in [4.78, 5) is 0. The predicted octanol–water partition coefficient (Wildman–Crippen LogP) is 5.52. The fourth-order valence-corrected chi connectivity index (χ4v) is 4.67. The zero-order valence-corrected chi connectivity index (χ0v) is 15.0. The molecule has 0 aliphatic rings. The van der Waals surface area contributed by atoms with Crippen LogP contribution in [0.3, 0.4) is 0 Å². The summed E-state index contributed by atoms with van der Waals surface area (Å²) in [7, 11) is -1.88. The molecule has 0 heterocycles. The molecule has 0 aromatic rings. The molecule has 0 amide bonds. The van der Waals surface area contributed by atoms with E-state index in [1.807, 2.05) is 0 Å². The van der Waals surface area contributed by atoms with E-state index in [-0.39, 0.29) is 0 Å². The van der Waals surface area contributed by atoms with E-state index in [0.717, 1.165) is 31.2 Å². The van der Waals surface area contributed by atoms with Crippen molar-refractivity contribution in [3.05, 3.63) is 0 Å². The fraction of sp³-hybridized carbons (Fsp3) is 1.00. The van der Waals surface area contributed by atoms with Crippen LogP contribution in [-0.4, -0.2) is 21.8 Å². The molecule has 0 aromatic heterocycles. The first-order chi connectivity index (χ1) is 9.10. The van der Waals surface area contributed by atoms with Gasteiger partial charge in [-0.15, -0.1) is 0 Å². The molecule has 0 saturated carbocycles. The maximum Gasteiger partial charge on any atom is 0.337 e. The lowest BCUT2D eigenvalue weighted by Gasteiger charge is -2.29. The van der Waals surface area contributed by atoms with Crippen LogP contribution in [0.1, 0.15) is 73.1 Å². The molecule has 19 heavy (non-hydrogen) atoms. The summed E-state index contributed by atoms with van der Waals surface area (Å²) in [6, 6.07) is 2.16. The van der Waals surface area contributed by atoms with E-state index < -0.39 is 8.56 Å². The fourth-order valence-electron chi connectivity index (χ4n) is 2.24. The van der Waals surface area contributed by atoms with Crippen molar-refractivity contribution in [2.24, 2.45) is 5.92 Å². The maximum absolute atomic E-state index is 6.20. The van der Waals surface area contributed by atoms with Crippen LogP contribution < -0.4 is 0 Å². The molecule has 0 aliphatic heterocycles. The van der Waals surface area contributed by atoms with Crippen LogP contribution in [0.4, 0.5) is 0 Å². The second-order valence-corrected chi connectivity index (χ2v) is 9.72. The summed E-state index contributed by atoms with van der Waals surface area (Å²) in [5.74, 6) is 0.776. The maximum atomic E-state index is 6.20. The van der Waals surface area contributed by atoms with Crippen LogP contribution in [0.2, 0.25) is 12.1 Å². The van der Waals surface area contributed by atoms with Crippen molar-refractivity contribution in [1.29, 1.82) is 0 Å². The molecule has 0 rings (SSSR count). The monoisotopic (exact) mass is 288 g/mol. The molecule has 116 valence electrons. The minimum atomic E-state index is -1.88. The third-order valence-electron chi connectivity index (χ3n) is 3.73. The Labute approximate surface area is 122 Å². The van der Waals surface area contributed by atoms with Gasteiger partial charge in [0.05, 0.1) is 0 Å². The molecule has 0 aliphatic carbocycles. The normalized spacial score (nSPS) is 12.3. The van der Waals surface area contributed by atoms with E-state index in [1.54, 1.807) is 0 Å². The van der Waals surface area contributed by atoms with E-state index in [9.17, 15) is 0 Å². The van der Waals surface area contributed by atoms with Crippen molar-refractivity contribution < 1.29 is 8.85 Å². The summed E-state index contributed by atoms with van der Waals surface area (Å²) in [6.45, 7) is 13.0. The molecule has 0 atom stereocenters. The van der Waals surface area contributed by atoms with Gasteiger partial charge in [-0.05, 0) is 37.3 Å². The van der Waals surface area contributed by atoms with Crippen LogP contribution in [-0.2, 0) is 8.85 Å². The van der Waals surface area contributed by atoms with Gasteiger partial charge in [-0.1, -0.05) is 53.9 Å². The van der Waals surface area contributed by atoms with Crippen LogP contribution >= 0.6 is 0 Å². The minimum absolute atomic E-state index is 0.776. The van der Waals surface area contributed by atoms with Gasteiger partial charge in [0.1, 0.15) is 0 Å². The quantitative estimate of drug-likeness (QED) is 0.328. The first kappa shape index (κ1) is 19.1. The first-order valence-electron chi connectivity index (χ1n) is 8.38. The highest BCUT2D eigenvalue weighted by Crippen LogP contribution is 2.20. The summed E-state index contributed by atoms with van der Waals surface area (Å²) < 4.78 is 12.4. The Bertz CT molecular complexity index is 191. The van der Waals surface area contributed by atoms with Gasteiger partial charge in [0.25, 0.3) is 0 Å². The lowest BCUT2D eigenvalue weighted by Crippen LogP contribution is -2.41. The van der Waals surface area contributed by atoms with Crippen molar-refractivity contribution in [3.63, 3.8) is 0 Å². The highest BCUT2D eigenvalue weighted by atomic mass is 28.4. The standard InChI is InChI=1S/C16H36O2Si/c1-6-9-10-11-14-17-19(7-2,8-3)18-15-12-13-16(4)5/h16H,6-15H2,1-5H3. The van der Waals surface area contributed by atoms with Crippen molar-refractivity contribution in [3.8, 4) is 0 Å². The third-order valence-corrected chi connectivity index (χ3v) is 7.35. The lowest BCUT2D eigenvalue weighted by molar-refractivity contribution is 0.161. The van der Waals surface area contributed by atoms with Crippen molar-refractivity contribution >= 4 is 8.56 Å². The van der Waals surface area contributed by atoms with Crippen LogP contribution in [0.25, 0.3) is 0 Å². The van der Waals surface area contributed by atoms with Gasteiger partial charge in [-0.2, -0.15) is 0 Å². The average Bonchev–Trinajstić information content (AvgIpc) is 2.41. The Morgan fingerprint density at radius 1 is 0.789 bits per heavy atom. The van der Waals surface area contributed by atoms with Crippen LogP contribution in [0.15, 0.2) is 0 Å². The molecule has 0 bridgehead atoms. The largest absolute Gasteiger partial charge is 0.394 e. The number of hydrogen-bond acceptors (Lipinski definition) is 2.